The van der Waals surface area contributed by atoms with Gasteiger partial charge in [-0.25, -0.2) is 8.42 Å². The average molecular weight is 165 g/mol. The summed E-state index contributed by atoms with van der Waals surface area (Å²) < 4.78 is 21.0. The molecular formula is C5H11NO3S. The molecule has 4 nitrogen and oxygen atoms in total. The predicted molar refractivity (Wildman–Crippen MR) is 38.4 cm³/mol. The normalized spacial score (nSPS) is 14.6. The molecule has 0 aliphatic rings. The van der Waals surface area contributed by atoms with Crippen molar-refractivity contribution < 1.29 is 13.2 Å². The lowest BCUT2D eigenvalue weighted by Gasteiger charge is -2.03. The first-order valence-corrected chi connectivity index (χ1v) is 4.88. The van der Waals surface area contributed by atoms with Crippen molar-refractivity contribution >= 4 is 16.1 Å². The van der Waals surface area contributed by atoms with Crippen molar-refractivity contribution in [2.45, 2.75) is 12.5 Å². The molecule has 10 heavy (non-hydrogen) atoms. The van der Waals surface area contributed by atoms with E-state index in [1.54, 1.807) is 0 Å². The van der Waals surface area contributed by atoms with Gasteiger partial charge in [-0.2, -0.15) is 0 Å². The maximum absolute atomic E-state index is 10.5. The Kier molecular flexibility index (Phi) is 3.52. The van der Waals surface area contributed by atoms with Crippen molar-refractivity contribution in [1.29, 1.82) is 0 Å². The van der Waals surface area contributed by atoms with E-state index in [9.17, 15) is 13.2 Å². The minimum atomic E-state index is -3.03. The number of hydrogen-bond acceptors (Lipinski definition) is 4. The third kappa shape index (κ3) is 5.71. The first-order chi connectivity index (χ1) is 4.45. The number of carbonyl (C=O) groups is 1. The molecule has 0 saturated carbocycles. The molecule has 0 aromatic heterocycles. The summed E-state index contributed by atoms with van der Waals surface area (Å²) in [7, 11) is -3.03. The molecule has 5 heteroatoms. The summed E-state index contributed by atoms with van der Waals surface area (Å²) in [6.07, 6.45) is 1.82. The van der Waals surface area contributed by atoms with E-state index in [4.69, 9.17) is 5.73 Å². The van der Waals surface area contributed by atoms with E-state index in [0.29, 0.717) is 6.29 Å². The summed E-state index contributed by atoms with van der Waals surface area (Å²) in [5, 5.41) is 0. The number of carbonyl (C=O) groups excluding carboxylic acids is 1. The number of nitrogens with two attached hydrogens (primary N) is 1. The Morgan fingerprint density at radius 1 is 1.60 bits per heavy atom. The van der Waals surface area contributed by atoms with Crippen molar-refractivity contribution in [2.75, 3.05) is 12.0 Å². The van der Waals surface area contributed by atoms with Crippen LogP contribution in [-0.2, 0) is 14.6 Å². The molecule has 0 aliphatic carbocycles. The fourth-order valence-corrected chi connectivity index (χ4v) is 1.49. The zero-order chi connectivity index (χ0) is 8.20. The van der Waals surface area contributed by atoms with Gasteiger partial charge in [0.05, 0.1) is 5.75 Å². The summed E-state index contributed by atoms with van der Waals surface area (Å²) in [6, 6.07) is -0.549. The van der Waals surface area contributed by atoms with Gasteiger partial charge >= 0.3 is 0 Å². The standard InChI is InChI=1S/C5H11NO3S/c1-10(8,9)4-5(6)2-3-7/h3,5H,2,4,6H2,1H3. The topological polar surface area (TPSA) is 77.2 Å². The minimum Gasteiger partial charge on any atom is -0.326 e. The number of aldehydes is 1. The molecule has 60 valence electrons. The van der Waals surface area contributed by atoms with Crippen molar-refractivity contribution in [3.05, 3.63) is 0 Å². The van der Waals surface area contributed by atoms with Gasteiger partial charge in [-0.15, -0.1) is 0 Å². The zero-order valence-electron chi connectivity index (χ0n) is 5.78. The molecule has 0 aromatic rings. The molecular weight excluding hydrogens is 154 g/mol. The Hall–Kier alpha value is -0.420. The lowest BCUT2D eigenvalue weighted by molar-refractivity contribution is -0.108. The number of hydrogen-bond donors (Lipinski definition) is 1. The van der Waals surface area contributed by atoms with Gasteiger partial charge in [0.15, 0.2) is 0 Å². The van der Waals surface area contributed by atoms with Gasteiger partial charge < -0.3 is 10.5 Å². The Labute approximate surface area is 60.3 Å². The van der Waals surface area contributed by atoms with Crippen LogP contribution in [0.2, 0.25) is 0 Å². The molecule has 0 aliphatic heterocycles. The number of rotatable bonds is 4. The maximum Gasteiger partial charge on any atom is 0.148 e. The summed E-state index contributed by atoms with van der Waals surface area (Å²) >= 11 is 0. The van der Waals surface area contributed by atoms with Crippen LogP contribution in [0.5, 0.6) is 0 Å². The molecule has 0 spiro atoms. The summed E-state index contributed by atoms with van der Waals surface area (Å²) in [5.41, 5.74) is 5.26. The van der Waals surface area contributed by atoms with Crippen molar-refractivity contribution in [3.8, 4) is 0 Å². The molecule has 0 radical (unpaired) electrons. The van der Waals surface area contributed by atoms with Crippen LogP contribution in [0.15, 0.2) is 0 Å². The predicted octanol–water partition coefficient (Wildman–Crippen LogP) is -1.05. The molecule has 0 saturated heterocycles. The van der Waals surface area contributed by atoms with Gasteiger partial charge in [0.25, 0.3) is 0 Å². The van der Waals surface area contributed by atoms with Crippen LogP contribution in [0.1, 0.15) is 6.42 Å². The summed E-state index contributed by atoms with van der Waals surface area (Å²) in [5.74, 6) is -0.119. The Bertz CT molecular complexity index is 197. The van der Waals surface area contributed by atoms with E-state index in [0.717, 1.165) is 6.26 Å². The zero-order valence-corrected chi connectivity index (χ0v) is 6.60. The fraction of sp³-hybridized carbons (Fsp3) is 0.800. The van der Waals surface area contributed by atoms with Crippen molar-refractivity contribution in [1.82, 2.24) is 0 Å². The molecule has 0 aromatic carbocycles. The molecule has 1 unspecified atom stereocenters. The number of sulfone groups is 1. The van der Waals surface area contributed by atoms with Crippen LogP contribution >= 0.6 is 0 Å². The van der Waals surface area contributed by atoms with Gasteiger partial charge in [-0.3, -0.25) is 0 Å². The van der Waals surface area contributed by atoms with E-state index < -0.39 is 15.9 Å². The van der Waals surface area contributed by atoms with Gasteiger partial charge in [-0.05, 0) is 0 Å². The molecule has 0 heterocycles. The fourth-order valence-electron chi connectivity index (χ4n) is 0.581. The highest BCUT2D eigenvalue weighted by molar-refractivity contribution is 7.90. The second-order valence-electron chi connectivity index (χ2n) is 2.25. The van der Waals surface area contributed by atoms with Crippen LogP contribution in [0.4, 0.5) is 0 Å². The van der Waals surface area contributed by atoms with Crippen LogP contribution in [-0.4, -0.2) is 32.8 Å². The Balaban J connectivity index is 3.80. The van der Waals surface area contributed by atoms with Crippen LogP contribution in [0.3, 0.4) is 0 Å². The quantitative estimate of drug-likeness (QED) is 0.539. The molecule has 0 amide bonds. The minimum absolute atomic E-state index is 0.104. The van der Waals surface area contributed by atoms with Gasteiger partial charge in [0.2, 0.25) is 0 Å². The van der Waals surface area contributed by atoms with Gasteiger partial charge in [0.1, 0.15) is 16.1 Å². The molecule has 0 rings (SSSR count). The molecule has 0 fully saturated rings. The van der Waals surface area contributed by atoms with Crippen molar-refractivity contribution in [3.63, 3.8) is 0 Å². The van der Waals surface area contributed by atoms with Gasteiger partial charge in [-0.1, -0.05) is 0 Å². The Morgan fingerprint density at radius 2 is 2.10 bits per heavy atom. The van der Waals surface area contributed by atoms with E-state index in [1.807, 2.05) is 0 Å². The third-order valence-electron chi connectivity index (χ3n) is 0.916. The Morgan fingerprint density at radius 3 is 2.40 bits per heavy atom. The highest BCUT2D eigenvalue weighted by Gasteiger charge is 2.09. The lowest BCUT2D eigenvalue weighted by Crippen LogP contribution is -2.29. The SMILES string of the molecule is CS(=O)(=O)CC(N)CC=O. The van der Waals surface area contributed by atoms with Crippen LogP contribution in [0, 0.1) is 0 Å². The highest BCUT2D eigenvalue weighted by Crippen LogP contribution is 1.90. The van der Waals surface area contributed by atoms with E-state index in [2.05, 4.69) is 0 Å². The first kappa shape index (κ1) is 9.58. The second-order valence-corrected chi connectivity index (χ2v) is 4.44. The van der Waals surface area contributed by atoms with Gasteiger partial charge in [0, 0.05) is 18.7 Å². The highest BCUT2D eigenvalue weighted by atomic mass is 32.2. The largest absolute Gasteiger partial charge is 0.326 e. The van der Waals surface area contributed by atoms with Crippen LogP contribution < -0.4 is 5.73 Å². The van der Waals surface area contributed by atoms with E-state index in [1.165, 1.54) is 0 Å². The van der Waals surface area contributed by atoms with E-state index in [-0.39, 0.29) is 12.2 Å². The summed E-state index contributed by atoms with van der Waals surface area (Å²) in [4.78, 5) is 9.83. The third-order valence-corrected chi connectivity index (χ3v) is 1.95. The molecule has 2 N–H and O–H groups in total. The van der Waals surface area contributed by atoms with Crippen molar-refractivity contribution in [2.24, 2.45) is 5.73 Å². The lowest BCUT2D eigenvalue weighted by atomic mass is 10.3. The maximum atomic E-state index is 10.5. The average Bonchev–Trinajstić information content (AvgIpc) is 1.59. The first-order valence-electron chi connectivity index (χ1n) is 2.82. The smallest absolute Gasteiger partial charge is 0.148 e. The monoisotopic (exact) mass is 165 g/mol. The molecule has 0 bridgehead atoms. The van der Waals surface area contributed by atoms with E-state index >= 15 is 0 Å². The molecule has 1 atom stereocenters. The summed E-state index contributed by atoms with van der Waals surface area (Å²) in [6.45, 7) is 0. The van der Waals surface area contributed by atoms with Crippen LogP contribution in [0.25, 0.3) is 0 Å². The second kappa shape index (κ2) is 3.68.